The van der Waals surface area contributed by atoms with Crippen molar-refractivity contribution in [2.45, 2.75) is 13.0 Å². The maximum absolute atomic E-state index is 5.83. The summed E-state index contributed by atoms with van der Waals surface area (Å²) in [5, 5.41) is 3.09. The Labute approximate surface area is 142 Å². The fourth-order valence-corrected chi connectivity index (χ4v) is 2.81. The van der Waals surface area contributed by atoms with Gasteiger partial charge in [0.2, 0.25) is 0 Å². The number of anilines is 1. The van der Waals surface area contributed by atoms with Crippen LogP contribution in [0.3, 0.4) is 0 Å². The molecule has 1 atom stereocenters. The molecular weight excluding hydrogens is 304 g/mol. The predicted molar refractivity (Wildman–Crippen MR) is 93.4 cm³/mol. The molecule has 1 aliphatic heterocycles. The molecule has 0 spiro atoms. The first-order valence-corrected chi connectivity index (χ1v) is 8.29. The molecule has 0 unspecified atom stereocenters. The number of nitrogens with zero attached hydrogens (tertiary/aromatic N) is 3. The van der Waals surface area contributed by atoms with Crippen molar-refractivity contribution >= 4 is 5.82 Å². The van der Waals surface area contributed by atoms with E-state index >= 15 is 0 Å². The second kappa shape index (κ2) is 8.08. The largest absolute Gasteiger partial charge is 0.492 e. The number of aromatic nitrogens is 2. The number of hydrogen-bond acceptors (Lipinski definition) is 6. The van der Waals surface area contributed by atoms with Gasteiger partial charge in [0.15, 0.2) is 0 Å². The molecule has 0 bridgehead atoms. The minimum Gasteiger partial charge on any atom is -0.492 e. The molecule has 2 heterocycles. The highest BCUT2D eigenvalue weighted by Gasteiger charge is 2.27. The average molecular weight is 328 g/mol. The van der Waals surface area contributed by atoms with E-state index < -0.39 is 0 Å². The van der Waals surface area contributed by atoms with Gasteiger partial charge in [-0.15, -0.1) is 0 Å². The van der Waals surface area contributed by atoms with Crippen molar-refractivity contribution in [2.24, 2.45) is 0 Å². The third-order valence-electron chi connectivity index (χ3n) is 4.06. The Balaban J connectivity index is 1.66. The van der Waals surface area contributed by atoms with E-state index in [0.29, 0.717) is 13.2 Å². The molecule has 1 aromatic carbocycles. The van der Waals surface area contributed by atoms with Crippen LogP contribution in [-0.4, -0.2) is 54.8 Å². The zero-order valence-electron chi connectivity index (χ0n) is 14.2. The first kappa shape index (κ1) is 16.7. The lowest BCUT2D eigenvalue weighted by molar-refractivity contribution is -0.0163. The molecule has 1 fully saturated rings. The zero-order chi connectivity index (χ0) is 16.8. The third kappa shape index (κ3) is 4.21. The number of morpholine rings is 1. The van der Waals surface area contributed by atoms with Gasteiger partial charge in [-0.2, -0.15) is 0 Å². The molecule has 0 radical (unpaired) electrons. The summed E-state index contributed by atoms with van der Waals surface area (Å²) in [5.41, 5.74) is 0.954. The summed E-state index contributed by atoms with van der Waals surface area (Å²) in [6.07, 6.45) is 0. The summed E-state index contributed by atoms with van der Waals surface area (Å²) in [6.45, 7) is 5.62. The molecular formula is C18H24N4O2. The molecule has 2 aromatic rings. The van der Waals surface area contributed by atoms with Gasteiger partial charge in [-0.05, 0) is 19.1 Å². The fourth-order valence-electron chi connectivity index (χ4n) is 2.81. The summed E-state index contributed by atoms with van der Waals surface area (Å²) >= 11 is 0. The topological polar surface area (TPSA) is 59.5 Å². The van der Waals surface area contributed by atoms with E-state index in [4.69, 9.17) is 9.47 Å². The SMILES string of the molecule is CNc1cc(C)nc([C@@H]2COCCN2CCOc2ccccc2)n1. The number of benzene rings is 1. The van der Waals surface area contributed by atoms with Crippen molar-refractivity contribution in [2.75, 3.05) is 45.3 Å². The number of ether oxygens (including phenoxy) is 2. The molecule has 0 amide bonds. The van der Waals surface area contributed by atoms with Gasteiger partial charge >= 0.3 is 0 Å². The van der Waals surface area contributed by atoms with Crippen LogP contribution in [0.4, 0.5) is 5.82 Å². The predicted octanol–water partition coefficient (Wildman–Crippen LogP) is 2.28. The summed E-state index contributed by atoms with van der Waals surface area (Å²) in [6, 6.07) is 11.9. The van der Waals surface area contributed by atoms with E-state index in [0.717, 1.165) is 42.8 Å². The molecule has 6 nitrogen and oxygen atoms in total. The van der Waals surface area contributed by atoms with Gasteiger partial charge < -0.3 is 14.8 Å². The molecule has 6 heteroatoms. The van der Waals surface area contributed by atoms with Crippen molar-refractivity contribution in [1.29, 1.82) is 0 Å². The normalized spacial score (nSPS) is 18.3. The van der Waals surface area contributed by atoms with Crippen molar-refractivity contribution < 1.29 is 9.47 Å². The molecule has 128 valence electrons. The molecule has 1 aliphatic rings. The van der Waals surface area contributed by atoms with E-state index in [-0.39, 0.29) is 6.04 Å². The summed E-state index contributed by atoms with van der Waals surface area (Å²) in [5.74, 6) is 2.54. The van der Waals surface area contributed by atoms with Crippen molar-refractivity contribution in [1.82, 2.24) is 14.9 Å². The molecule has 0 saturated carbocycles. The van der Waals surface area contributed by atoms with Gasteiger partial charge in [0, 0.05) is 31.9 Å². The third-order valence-corrected chi connectivity index (χ3v) is 4.06. The second-order valence-electron chi connectivity index (χ2n) is 5.79. The van der Waals surface area contributed by atoms with Gasteiger partial charge in [0.1, 0.15) is 24.0 Å². The molecule has 1 aromatic heterocycles. The number of nitrogens with one attached hydrogen (secondary N) is 1. The van der Waals surface area contributed by atoms with E-state index in [1.54, 1.807) is 0 Å². The van der Waals surface area contributed by atoms with E-state index in [1.165, 1.54) is 0 Å². The highest BCUT2D eigenvalue weighted by Crippen LogP contribution is 2.22. The molecule has 24 heavy (non-hydrogen) atoms. The zero-order valence-corrected chi connectivity index (χ0v) is 14.2. The Bertz CT molecular complexity index is 651. The van der Waals surface area contributed by atoms with Crippen LogP contribution in [0, 0.1) is 6.92 Å². The number of para-hydroxylation sites is 1. The van der Waals surface area contributed by atoms with E-state index in [1.807, 2.05) is 50.4 Å². The summed E-state index contributed by atoms with van der Waals surface area (Å²) in [7, 11) is 1.87. The van der Waals surface area contributed by atoms with E-state index in [9.17, 15) is 0 Å². The highest BCUT2D eigenvalue weighted by molar-refractivity contribution is 5.35. The van der Waals surface area contributed by atoms with Crippen molar-refractivity contribution in [3.63, 3.8) is 0 Å². The van der Waals surface area contributed by atoms with Gasteiger partial charge in [-0.1, -0.05) is 18.2 Å². The average Bonchev–Trinajstić information content (AvgIpc) is 2.62. The smallest absolute Gasteiger partial charge is 0.150 e. The Morgan fingerprint density at radius 1 is 1.29 bits per heavy atom. The van der Waals surface area contributed by atoms with Gasteiger partial charge in [-0.25, -0.2) is 9.97 Å². The Morgan fingerprint density at radius 3 is 2.92 bits per heavy atom. The van der Waals surface area contributed by atoms with Crippen LogP contribution in [0.15, 0.2) is 36.4 Å². The molecule has 1 N–H and O–H groups in total. The standard InChI is InChI=1S/C18H24N4O2/c1-14-12-17(19-2)21-18(20-14)16-13-23-10-8-22(16)9-11-24-15-6-4-3-5-7-15/h3-7,12,16H,8-11,13H2,1-2H3,(H,19,20,21)/t16-/m0/s1. The first-order valence-electron chi connectivity index (χ1n) is 8.29. The molecule has 1 saturated heterocycles. The monoisotopic (exact) mass is 328 g/mol. The van der Waals surface area contributed by atoms with Crippen LogP contribution in [0.2, 0.25) is 0 Å². The van der Waals surface area contributed by atoms with Crippen LogP contribution in [0.25, 0.3) is 0 Å². The van der Waals surface area contributed by atoms with Crippen LogP contribution < -0.4 is 10.1 Å². The Morgan fingerprint density at radius 2 is 2.12 bits per heavy atom. The molecule has 3 rings (SSSR count). The van der Waals surface area contributed by atoms with Crippen LogP contribution in [-0.2, 0) is 4.74 Å². The van der Waals surface area contributed by atoms with Crippen LogP contribution in [0.5, 0.6) is 5.75 Å². The van der Waals surface area contributed by atoms with E-state index in [2.05, 4.69) is 20.2 Å². The number of hydrogen-bond donors (Lipinski definition) is 1. The maximum Gasteiger partial charge on any atom is 0.150 e. The van der Waals surface area contributed by atoms with Crippen molar-refractivity contribution in [3.05, 3.63) is 47.9 Å². The van der Waals surface area contributed by atoms with Crippen molar-refractivity contribution in [3.8, 4) is 5.75 Å². The van der Waals surface area contributed by atoms with Crippen LogP contribution in [0.1, 0.15) is 17.6 Å². The fraction of sp³-hybridized carbons (Fsp3) is 0.444. The Hall–Kier alpha value is -2.18. The number of rotatable bonds is 6. The first-order chi connectivity index (χ1) is 11.8. The lowest BCUT2D eigenvalue weighted by Crippen LogP contribution is -2.42. The van der Waals surface area contributed by atoms with Crippen LogP contribution >= 0.6 is 0 Å². The summed E-state index contributed by atoms with van der Waals surface area (Å²) in [4.78, 5) is 11.5. The van der Waals surface area contributed by atoms with Gasteiger partial charge in [-0.3, -0.25) is 4.90 Å². The minimum absolute atomic E-state index is 0.0603. The summed E-state index contributed by atoms with van der Waals surface area (Å²) < 4.78 is 11.5. The Kier molecular flexibility index (Phi) is 5.61. The van der Waals surface area contributed by atoms with Gasteiger partial charge in [0.25, 0.3) is 0 Å². The molecule has 0 aliphatic carbocycles. The quantitative estimate of drug-likeness (QED) is 0.878. The lowest BCUT2D eigenvalue weighted by Gasteiger charge is -2.34. The minimum atomic E-state index is 0.0603. The highest BCUT2D eigenvalue weighted by atomic mass is 16.5. The second-order valence-corrected chi connectivity index (χ2v) is 5.79. The maximum atomic E-state index is 5.83. The number of aryl methyl sites for hydroxylation is 1. The lowest BCUT2D eigenvalue weighted by atomic mass is 10.2. The van der Waals surface area contributed by atoms with Gasteiger partial charge in [0.05, 0.1) is 19.3 Å².